The summed E-state index contributed by atoms with van der Waals surface area (Å²) in [6.07, 6.45) is 3.84. The Morgan fingerprint density at radius 2 is 2.18 bits per heavy atom. The molecule has 1 aromatic carbocycles. The molecule has 1 aromatic heterocycles. The number of benzene rings is 1. The number of sulfonamides is 1. The van der Waals surface area contributed by atoms with Crippen molar-refractivity contribution >= 4 is 27.3 Å². The molecule has 1 aliphatic heterocycles. The van der Waals surface area contributed by atoms with Gasteiger partial charge in [-0.05, 0) is 24.6 Å². The van der Waals surface area contributed by atoms with E-state index in [1.807, 2.05) is 0 Å². The van der Waals surface area contributed by atoms with E-state index < -0.39 is 10.0 Å². The predicted octanol–water partition coefficient (Wildman–Crippen LogP) is 1.21. The van der Waals surface area contributed by atoms with Crippen LogP contribution in [0.1, 0.15) is 16.8 Å². The lowest BCUT2D eigenvalue weighted by molar-refractivity contribution is 0.102. The second-order valence-corrected chi connectivity index (χ2v) is 7.16. The fraction of sp³-hybridized carbons (Fsp3) is 0.286. The molecule has 1 amide bonds. The second kappa shape index (κ2) is 5.45. The first-order valence-corrected chi connectivity index (χ1v) is 8.47. The molecule has 0 bridgehead atoms. The third kappa shape index (κ3) is 2.82. The topological polar surface area (TPSA) is 84.3 Å². The van der Waals surface area contributed by atoms with Crippen LogP contribution in [0.15, 0.2) is 36.7 Å². The Bertz CT molecular complexity index is 813. The van der Waals surface area contributed by atoms with E-state index in [2.05, 4.69) is 10.4 Å². The number of rotatable bonds is 3. The van der Waals surface area contributed by atoms with E-state index in [0.717, 1.165) is 0 Å². The lowest BCUT2D eigenvalue weighted by atomic mass is 10.2. The highest BCUT2D eigenvalue weighted by Crippen LogP contribution is 2.25. The van der Waals surface area contributed by atoms with Gasteiger partial charge in [0.1, 0.15) is 0 Å². The zero-order chi connectivity index (χ0) is 15.7. The van der Waals surface area contributed by atoms with Gasteiger partial charge >= 0.3 is 0 Å². The third-order valence-electron chi connectivity index (χ3n) is 3.46. The van der Waals surface area contributed by atoms with Crippen molar-refractivity contribution in [2.75, 3.05) is 21.9 Å². The van der Waals surface area contributed by atoms with Gasteiger partial charge in [-0.25, -0.2) is 8.42 Å². The number of carbonyl (C=O) groups excluding carboxylic acids is 1. The SMILES string of the molecule is Cn1cc(NC(=O)c2cccc(N3CCCS3(=O)=O)c2)cn1. The first-order chi connectivity index (χ1) is 10.5. The Hall–Kier alpha value is -2.35. The lowest BCUT2D eigenvalue weighted by Gasteiger charge is -2.17. The normalized spacial score (nSPS) is 16.7. The van der Waals surface area contributed by atoms with Crippen LogP contribution in [0.5, 0.6) is 0 Å². The van der Waals surface area contributed by atoms with Crippen molar-refractivity contribution in [1.82, 2.24) is 9.78 Å². The zero-order valence-electron chi connectivity index (χ0n) is 12.1. The molecule has 0 unspecified atom stereocenters. The zero-order valence-corrected chi connectivity index (χ0v) is 12.9. The smallest absolute Gasteiger partial charge is 0.255 e. The van der Waals surface area contributed by atoms with Crippen molar-refractivity contribution < 1.29 is 13.2 Å². The first-order valence-electron chi connectivity index (χ1n) is 6.86. The van der Waals surface area contributed by atoms with Crippen molar-refractivity contribution in [3.8, 4) is 0 Å². The molecule has 0 saturated carbocycles. The molecule has 1 aliphatic rings. The van der Waals surface area contributed by atoms with Gasteiger partial charge in [0, 0.05) is 25.4 Å². The van der Waals surface area contributed by atoms with Gasteiger partial charge in [-0.3, -0.25) is 13.8 Å². The number of aryl methyl sites for hydroxylation is 1. The van der Waals surface area contributed by atoms with Crippen LogP contribution >= 0.6 is 0 Å². The molecule has 0 radical (unpaired) electrons. The highest BCUT2D eigenvalue weighted by Gasteiger charge is 2.28. The summed E-state index contributed by atoms with van der Waals surface area (Å²) in [6, 6.07) is 6.62. The van der Waals surface area contributed by atoms with Gasteiger partial charge in [0.15, 0.2) is 0 Å². The number of nitrogens with zero attached hydrogens (tertiary/aromatic N) is 3. The summed E-state index contributed by atoms with van der Waals surface area (Å²) in [7, 11) is -1.49. The maximum Gasteiger partial charge on any atom is 0.255 e. The Morgan fingerprint density at radius 1 is 1.36 bits per heavy atom. The third-order valence-corrected chi connectivity index (χ3v) is 5.33. The van der Waals surface area contributed by atoms with Crippen LogP contribution in [-0.4, -0.2) is 36.4 Å². The molecule has 2 aromatic rings. The summed E-state index contributed by atoms with van der Waals surface area (Å²) in [5.41, 5.74) is 1.52. The maximum atomic E-state index is 12.2. The van der Waals surface area contributed by atoms with E-state index >= 15 is 0 Å². The van der Waals surface area contributed by atoms with Crippen LogP contribution in [0.2, 0.25) is 0 Å². The van der Waals surface area contributed by atoms with E-state index in [0.29, 0.717) is 29.9 Å². The van der Waals surface area contributed by atoms with Gasteiger partial charge < -0.3 is 5.32 Å². The van der Waals surface area contributed by atoms with Gasteiger partial charge in [-0.1, -0.05) is 6.07 Å². The molecular weight excluding hydrogens is 304 g/mol. The quantitative estimate of drug-likeness (QED) is 0.921. The van der Waals surface area contributed by atoms with Crippen molar-refractivity contribution in [1.29, 1.82) is 0 Å². The van der Waals surface area contributed by atoms with Crippen LogP contribution < -0.4 is 9.62 Å². The van der Waals surface area contributed by atoms with Gasteiger partial charge in [-0.15, -0.1) is 0 Å². The van der Waals surface area contributed by atoms with Crippen molar-refractivity contribution in [2.24, 2.45) is 7.05 Å². The number of carbonyl (C=O) groups is 1. The van der Waals surface area contributed by atoms with Crippen LogP contribution in [0, 0.1) is 0 Å². The van der Waals surface area contributed by atoms with Gasteiger partial charge in [0.2, 0.25) is 10.0 Å². The number of anilines is 2. The molecule has 3 rings (SSSR count). The molecule has 1 N–H and O–H groups in total. The maximum absolute atomic E-state index is 12.2. The van der Waals surface area contributed by atoms with Gasteiger partial charge in [0.05, 0.1) is 23.3 Å². The van der Waals surface area contributed by atoms with E-state index in [1.165, 1.54) is 4.31 Å². The summed E-state index contributed by atoms with van der Waals surface area (Å²) >= 11 is 0. The first kappa shape index (κ1) is 14.6. The van der Waals surface area contributed by atoms with E-state index in [-0.39, 0.29) is 11.7 Å². The number of aromatic nitrogens is 2. The summed E-state index contributed by atoms with van der Waals surface area (Å²) in [4.78, 5) is 12.2. The summed E-state index contributed by atoms with van der Waals surface area (Å²) < 4.78 is 26.8. The molecule has 8 heteroatoms. The van der Waals surface area contributed by atoms with Crippen molar-refractivity contribution in [2.45, 2.75) is 6.42 Å². The van der Waals surface area contributed by atoms with Crippen LogP contribution in [-0.2, 0) is 17.1 Å². The molecule has 7 nitrogen and oxygen atoms in total. The fourth-order valence-corrected chi connectivity index (χ4v) is 3.98. The minimum Gasteiger partial charge on any atom is -0.319 e. The molecule has 1 saturated heterocycles. The number of amides is 1. The van der Waals surface area contributed by atoms with E-state index in [4.69, 9.17) is 0 Å². The van der Waals surface area contributed by atoms with Gasteiger partial charge in [-0.2, -0.15) is 5.10 Å². The Balaban J connectivity index is 1.83. The summed E-state index contributed by atoms with van der Waals surface area (Å²) in [5.74, 6) is -0.148. The summed E-state index contributed by atoms with van der Waals surface area (Å²) in [5, 5.41) is 6.70. The molecule has 0 aliphatic carbocycles. The Kier molecular flexibility index (Phi) is 3.61. The number of hydrogen-bond acceptors (Lipinski definition) is 4. The van der Waals surface area contributed by atoms with Crippen LogP contribution in [0.25, 0.3) is 0 Å². The summed E-state index contributed by atoms with van der Waals surface area (Å²) in [6.45, 7) is 0.454. The minimum absolute atomic E-state index is 0.152. The molecule has 1 fully saturated rings. The molecule has 0 spiro atoms. The van der Waals surface area contributed by atoms with Gasteiger partial charge in [0.25, 0.3) is 5.91 Å². The van der Waals surface area contributed by atoms with E-state index in [9.17, 15) is 13.2 Å². The van der Waals surface area contributed by atoms with Crippen molar-refractivity contribution in [3.63, 3.8) is 0 Å². The minimum atomic E-state index is -3.25. The van der Waals surface area contributed by atoms with Crippen molar-refractivity contribution in [3.05, 3.63) is 42.2 Å². The van der Waals surface area contributed by atoms with Crippen LogP contribution in [0.4, 0.5) is 11.4 Å². The second-order valence-electron chi connectivity index (χ2n) is 5.15. The largest absolute Gasteiger partial charge is 0.319 e. The molecule has 22 heavy (non-hydrogen) atoms. The molecule has 0 atom stereocenters. The highest BCUT2D eigenvalue weighted by molar-refractivity contribution is 7.93. The number of hydrogen-bond donors (Lipinski definition) is 1. The fourth-order valence-electron chi connectivity index (χ4n) is 2.42. The Morgan fingerprint density at radius 3 is 2.82 bits per heavy atom. The highest BCUT2D eigenvalue weighted by atomic mass is 32.2. The average molecular weight is 320 g/mol. The molecule has 116 valence electrons. The Labute approximate surface area is 128 Å². The lowest BCUT2D eigenvalue weighted by Crippen LogP contribution is -2.25. The predicted molar refractivity (Wildman–Crippen MR) is 83.4 cm³/mol. The monoisotopic (exact) mass is 320 g/mol. The van der Waals surface area contributed by atoms with E-state index in [1.54, 1.807) is 48.4 Å². The standard InChI is InChI=1S/C14H16N4O3S/c1-17-10-12(9-15-17)16-14(19)11-4-2-5-13(8-11)18-6-3-7-22(18,20)21/h2,4-5,8-10H,3,6-7H2,1H3,(H,16,19). The molecule has 2 heterocycles. The van der Waals surface area contributed by atoms with Crippen LogP contribution in [0.3, 0.4) is 0 Å². The average Bonchev–Trinajstić information content (AvgIpc) is 3.04. The number of nitrogens with one attached hydrogen (secondary N) is 1. The molecular formula is C14H16N4O3S.